The number of quaternary nitrogens is 1. The lowest BCUT2D eigenvalue weighted by Gasteiger charge is -2.34. The second kappa shape index (κ2) is 8.09. The van der Waals surface area contributed by atoms with Crippen LogP contribution in [0.25, 0.3) is 4.96 Å². The molecule has 2 N–H and O–H groups in total. The van der Waals surface area contributed by atoms with Gasteiger partial charge in [-0.1, -0.05) is 25.2 Å². The Kier molecular flexibility index (Phi) is 5.55. The van der Waals surface area contributed by atoms with Crippen LogP contribution >= 0.6 is 11.3 Å². The summed E-state index contributed by atoms with van der Waals surface area (Å²) in [7, 11) is 0. The number of hydrogen-bond donors (Lipinski definition) is 2. The zero-order valence-corrected chi connectivity index (χ0v) is 17.6. The van der Waals surface area contributed by atoms with Crippen molar-refractivity contribution in [1.29, 1.82) is 0 Å². The zero-order valence-electron chi connectivity index (χ0n) is 16.8. The Labute approximate surface area is 169 Å². The number of benzene rings is 1. The zero-order chi connectivity index (χ0) is 19.7. The highest BCUT2D eigenvalue weighted by atomic mass is 32.1. The smallest absolute Gasteiger partial charge is 0.235 e. The predicted octanol–water partition coefficient (Wildman–Crippen LogP) is 2.86. The van der Waals surface area contributed by atoms with Gasteiger partial charge in [-0.05, 0) is 44.0 Å². The van der Waals surface area contributed by atoms with Crippen molar-refractivity contribution in [1.82, 2.24) is 14.6 Å². The Balaban J connectivity index is 1.76. The number of ether oxygens (including phenoxy) is 1. The number of rotatable bonds is 6. The van der Waals surface area contributed by atoms with E-state index in [1.54, 1.807) is 15.9 Å². The molecule has 0 spiro atoms. The van der Waals surface area contributed by atoms with E-state index in [0.29, 0.717) is 12.5 Å². The largest absolute Gasteiger partial charge is 0.494 e. The number of nitrogens with zero attached hydrogens (tertiary/aromatic N) is 3. The van der Waals surface area contributed by atoms with Crippen LogP contribution in [0.4, 0.5) is 0 Å². The van der Waals surface area contributed by atoms with Gasteiger partial charge in [-0.15, -0.1) is 5.10 Å². The summed E-state index contributed by atoms with van der Waals surface area (Å²) < 4.78 is 7.22. The van der Waals surface area contributed by atoms with Gasteiger partial charge in [-0.2, -0.15) is 4.52 Å². The summed E-state index contributed by atoms with van der Waals surface area (Å²) in [5.74, 6) is 2.57. The van der Waals surface area contributed by atoms with Gasteiger partial charge in [0, 0.05) is 17.9 Å². The fourth-order valence-electron chi connectivity index (χ4n) is 4.22. The number of fused-ring (bicyclic) bond motifs is 1. The van der Waals surface area contributed by atoms with Crippen LogP contribution < -0.4 is 9.64 Å². The Hall–Kier alpha value is -2.12. The SMILES string of the molecule is CCOc1ccc([C@@H](c2sc3nc(CC)nn3c2O)[NH+]2CCC[C@H](C)C2)cc1. The molecule has 3 atom stereocenters. The average Bonchev–Trinajstić information content (AvgIpc) is 3.23. The van der Waals surface area contributed by atoms with Crippen molar-refractivity contribution in [2.24, 2.45) is 5.92 Å². The summed E-state index contributed by atoms with van der Waals surface area (Å²) >= 11 is 1.56. The van der Waals surface area contributed by atoms with Gasteiger partial charge in [0.05, 0.1) is 19.7 Å². The molecule has 1 aliphatic rings. The van der Waals surface area contributed by atoms with Crippen LogP contribution in [0.2, 0.25) is 0 Å². The molecule has 7 heteroatoms. The molecule has 1 aliphatic heterocycles. The molecule has 3 aromatic rings. The van der Waals surface area contributed by atoms with Crippen LogP contribution in [-0.4, -0.2) is 39.4 Å². The fraction of sp³-hybridized carbons (Fsp3) is 0.524. The standard InChI is InChI=1S/C21H28N4O2S/c1-4-17-22-21-25(23-17)20(26)19(28-21)18(24-12-6-7-14(3)13-24)15-8-10-16(11-9-15)27-5-2/h8-11,14,18,26H,4-7,12-13H2,1-3H3/p+1/t14-,18-/m0/s1. The van der Waals surface area contributed by atoms with Gasteiger partial charge in [0.15, 0.2) is 11.9 Å². The fourth-order valence-corrected chi connectivity index (χ4v) is 5.38. The lowest BCUT2D eigenvalue weighted by atomic mass is 9.95. The lowest BCUT2D eigenvalue weighted by molar-refractivity contribution is -0.933. The molecule has 1 saturated heterocycles. The third-order valence-electron chi connectivity index (χ3n) is 5.56. The van der Waals surface area contributed by atoms with Gasteiger partial charge >= 0.3 is 0 Å². The molecule has 0 amide bonds. The van der Waals surface area contributed by atoms with E-state index in [4.69, 9.17) is 4.74 Å². The Bertz CT molecular complexity index is 934. The summed E-state index contributed by atoms with van der Waals surface area (Å²) in [4.78, 5) is 7.79. The topological polar surface area (TPSA) is 64.1 Å². The monoisotopic (exact) mass is 401 g/mol. The van der Waals surface area contributed by atoms with Crippen LogP contribution in [0, 0.1) is 5.92 Å². The molecule has 150 valence electrons. The molecule has 2 aromatic heterocycles. The van der Waals surface area contributed by atoms with Crippen LogP contribution in [-0.2, 0) is 6.42 Å². The molecule has 0 bridgehead atoms. The highest BCUT2D eigenvalue weighted by molar-refractivity contribution is 7.17. The molecule has 1 fully saturated rings. The summed E-state index contributed by atoms with van der Waals surface area (Å²) in [6, 6.07) is 8.41. The molecule has 6 nitrogen and oxygen atoms in total. The van der Waals surface area contributed by atoms with Crippen molar-refractivity contribution in [3.8, 4) is 11.6 Å². The normalized spacial score (nSPS) is 21.1. The number of piperidine rings is 1. The van der Waals surface area contributed by atoms with E-state index >= 15 is 0 Å². The number of nitrogens with one attached hydrogen (secondary N) is 1. The van der Waals surface area contributed by atoms with E-state index < -0.39 is 0 Å². The number of aryl methyl sites for hydroxylation is 1. The maximum atomic E-state index is 11.0. The maximum Gasteiger partial charge on any atom is 0.235 e. The Morgan fingerprint density at radius 2 is 2.11 bits per heavy atom. The van der Waals surface area contributed by atoms with Gasteiger partial charge in [-0.3, -0.25) is 0 Å². The van der Waals surface area contributed by atoms with Crippen LogP contribution in [0.1, 0.15) is 55.9 Å². The van der Waals surface area contributed by atoms with E-state index in [2.05, 4.69) is 29.1 Å². The first kappa shape index (κ1) is 19.2. The van der Waals surface area contributed by atoms with Crippen LogP contribution in [0.3, 0.4) is 0 Å². The van der Waals surface area contributed by atoms with E-state index in [0.717, 1.165) is 40.9 Å². The first-order valence-corrected chi connectivity index (χ1v) is 11.1. The highest BCUT2D eigenvalue weighted by Crippen LogP contribution is 2.36. The van der Waals surface area contributed by atoms with E-state index in [1.807, 2.05) is 26.0 Å². The third-order valence-corrected chi connectivity index (χ3v) is 6.65. The minimum Gasteiger partial charge on any atom is -0.494 e. The highest BCUT2D eigenvalue weighted by Gasteiger charge is 2.35. The van der Waals surface area contributed by atoms with Gasteiger partial charge in [0.25, 0.3) is 0 Å². The molecule has 1 aromatic carbocycles. The summed E-state index contributed by atoms with van der Waals surface area (Å²) in [6.07, 6.45) is 3.26. The van der Waals surface area contributed by atoms with Crippen molar-refractivity contribution >= 4 is 16.3 Å². The van der Waals surface area contributed by atoms with E-state index in [1.165, 1.54) is 23.3 Å². The van der Waals surface area contributed by atoms with Gasteiger partial charge in [0.2, 0.25) is 10.8 Å². The van der Waals surface area contributed by atoms with Gasteiger partial charge in [-0.25, -0.2) is 4.98 Å². The molecule has 28 heavy (non-hydrogen) atoms. The number of likely N-dealkylation sites (tertiary alicyclic amines) is 1. The van der Waals surface area contributed by atoms with Crippen molar-refractivity contribution in [2.45, 2.75) is 46.1 Å². The van der Waals surface area contributed by atoms with Crippen molar-refractivity contribution in [3.05, 3.63) is 40.5 Å². The predicted molar refractivity (Wildman–Crippen MR) is 110 cm³/mol. The molecule has 0 aliphatic carbocycles. The van der Waals surface area contributed by atoms with E-state index in [-0.39, 0.29) is 11.9 Å². The summed E-state index contributed by atoms with van der Waals surface area (Å²) in [5, 5.41) is 15.5. The molecule has 3 heterocycles. The van der Waals surface area contributed by atoms with Gasteiger partial charge < -0.3 is 14.7 Å². The van der Waals surface area contributed by atoms with Crippen LogP contribution in [0.5, 0.6) is 11.6 Å². The van der Waals surface area contributed by atoms with Crippen molar-refractivity contribution in [3.63, 3.8) is 0 Å². The summed E-state index contributed by atoms with van der Waals surface area (Å²) in [5.41, 5.74) is 1.20. The average molecular weight is 402 g/mol. The number of aromatic nitrogens is 3. The van der Waals surface area contributed by atoms with Gasteiger partial charge in [0.1, 0.15) is 10.6 Å². The second-order valence-electron chi connectivity index (χ2n) is 7.66. The van der Waals surface area contributed by atoms with Crippen molar-refractivity contribution in [2.75, 3.05) is 19.7 Å². The number of thiazole rings is 1. The molecule has 1 unspecified atom stereocenters. The molecule has 0 saturated carbocycles. The molecule has 4 rings (SSSR count). The van der Waals surface area contributed by atoms with Crippen molar-refractivity contribution < 1.29 is 14.7 Å². The third kappa shape index (κ3) is 3.61. The lowest BCUT2D eigenvalue weighted by Crippen LogP contribution is -3.13. The Morgan fingerprint density at radius 3 is 2.75 bits per heavy atom. The molecular formula is C21H29N4O2S+. The molecular weight excluding hydrogens is 372 g/mol. The molecule has 0 radical (unpaired) electrons. The van der Waals surface area contributed by atoms with E-state index in [9.17, 15) is 5.11 Å². The minimum atomic E-state index is 0.0806. The number of hydrogen-bond acceptors (Lipinski definition) is 5. The summed E-state index contributed by atoms with van der Waals surface area (Å²) in [6.45, 7) is 9.21. The van der Waals surface area contributed by atoms with Crippen LogP contribution in [0.15, 0.2) is 24.3 Å². The first-order chi connectivity index (χ1) is 13.6. The quantitative estimate of drug-likeness (QED) is 0.667. The first-order valence-electron chi connectivity index (χ1n) is 10.2. The maximum absolute atomic E-state index is 11.0. The number of aromatic hydroxyl groups is 1. The minimum absolute atomic E-state index is 0.0806. The second-order valence-corrected chi connectivity index (χ2v) is 8.67. The Morgan fingerprint density at radius 1 is 1.32 bits per heavy atom.